The van der Waals surface area contributed by atoms with Crippen LogP contribution in [0.2, 0.25) is 5.15 Å². The number of aryl methyl sites for hydroxylation is 1. The lowest BCUT2D eigenvalue weighted by Crippen LogP contribution is -2.13. The van der Waals surface area contributed by atoms with Gasteiger partial charge in [0.2, 0.25) is 4.80 Å². The third-order valence-electron chi connectivity index (χ3n) is 5.37. The molecule has 5 rings (SSSR count). The summed E-state index contributed by atoms with van der Waals surface area (Å²) in [5.74, 6) is 0.367. The lowest BCUT2D eigenvalue weighted by molar-refractivity contribution is 0.575. The van der Waals surface area contributed by atoms with Crippen LogP contribution in [0.3, 0.4) is 0 Å². The van der Waals surface area contributed by atoms with Crippen LogP contribution in [-0.2, 0) is 6.42 Å². The van der Waals surface area contributed by atoms with E-state index < -0.39 is 0 Å². The van der Waals surface area contributed by atoms with E-state index in [9.17, 15) is 4.39 Å². The Balaban J connectivity index is 1.49. The van der Waals surface area contributed by atoms with Crippen molar-refractivity contribution in [2.75, 3.05) is 6.54 Å². The maximum absolute atomic E-state index is 13.3. The Morgan fingerprint density at radius 1 is 1.09 bits per heavy atom. The van der Waals surface area contributed by atoms with Gasteiger partial charge in [-0.3, -0.25) is 4.99 Å². The van der Waals surface area contributed by atoms with Crippen molar-refractivity contribution in [3.05, 3.63) is 111 Å². The molecule has 0 spiro atoms. The van der Waals surface area contributed by atoms with Crippen LogP contribution < -0.4 is 4.80 Å². The van der Waals surface area contributed by atoms with E-state index in [4.69, 9.17) is 26.1 Å². The van der Waals surface area contributed by atoms with Gasteiger partial charge in [-0.2, -0.15) is 10.2 Å². The molecule has 0 unspecified atom stereocenters. The molecule has 9 heteroatoms. The maximum atomic E-state index is 13.3. The summed E-state index contributed by atoms with van der Waals surface area (Å²) in [5.41, 5.74) is 4.03. The van der Waals surface area contributed by atoms with Crippen molar-refractivity contribution in [2.24, 2.45) is 10.1 Å². The number of furan rings is 1. The van der Waals surface area contributed by atoms with Crippen molar-refractivity contribution in [3.63, 3.8) is 0 Å². The van der Waals surface area contributed by atoms with E-state index in [0.29, 0.717) is 34.4 Å². The van der Waals surface area contributed by atoms with E-state index in [-0.39, 0.29) is 5.82 Å². The van der Waals surface area contributed by atoms with Crippen molar-refractivity contribution in [3.8, 4) is 17.1 Å². The Hall–Kier alpha value is -3.75. The second-order valence-electron chi connectivity index (χ2n) is 7.73. The van der Waals surface area contributed by atoms with E-state index in [1.165, 1.54) is 29.0 Å². The van der Waals surface area contributed by atoms with Gasteiger partial charge in [-0.1, -0.05) is 41.9 Å². The fourth-order valence-electron chi connectivity index (χ4n) is 3.57. The van der Waals surface area contributed by atoms with Crippen molar-refractivity contribution in [2.45, 2.75) is 13.3 Å². The minimum Gasteiger partial charge on any atom is -0.463 e. The predicted octanol–water partition coefficient (Wildman–Crippen LogP) is 6.12. The molecule has 0 bridgehead atoms. The topological polar surface area (TPSA) is 60.6 Å². The van der Waals surface area contributed by atoms with Gasteiger partial charge < -0.3 is 4.42 Å². The molecule has 2 aromatic carbocycles. The summed E-state index contributed by atoms with van der Waals surface area (Å²) in [7, 11) is 0. The van der Waals surface area contributed by atoms with Crippen LogP contribution in [0.15, 0.2) is 92.9 Å². The Kier molecular flexibility index (Phi) is 6.74. The maximum Gasteiger partial charge on any atom is 0.206 e. The van der Waals surface area contributed by atoms with E-state index in [0.717, 1.165) is 16.9 Å². The number of halogens is 2. The molecule has 0 radical (unpaired) electrons. The Morgan fingerprint density at radius 3 is 2.63 bits per heavy atom. The molecule has 0 saturated carbocycles. The van der Waals surface area contributed by atoms with Gasteiger partial charge in [-0.25, -0.2) is 13.7 Å². The average Bonchev–Trinajstić information content (AvgIpc) is 3.59. The highest BCUT2D eigenvalue weighted by Crippen LogP contribution is 2.24. The molecule has 0 aliphatic rings. The molecule has 0 saturated heterocycles. The van der Waals surface area contributed by atoms with Crippen molar-refractivity contribution in [1.29, 1.82) is 0 Å². The van der Waals surface area contributed by atoms with Gasteiger partial charge in [0.1, 0.15) is 16.7 Å². The minimum absolute atomic E-state index is 0.321. The highest BCUT2D eigenvalue weighted by molar-refractivity contribution is 7.07. The largest absolute Gasteiger partial charge is 0.463 e. The number of thiazole rings is 1. The molecule has 0 aliphatic heterocycles. The summed E-state index contributed by atoms with van der Waals surface area (Å²) in [6.07, 6.45) is 4.12. The average molecular weight is 506 g/mol. The quantitative estimate of drug-likeness (QED) is 0.250. The van der Waals surface area contributed by atoms with Crippen LogP contribution in [0, 0.1) is 12.7 Å². The van der Waals surface area contributed by atoms with E-state index in [2.05, 4.69) is 17.2 Å². The predicted molar refractivity (Wildman–Crippen MR) is 137 cm³/mol. The summed E-state index contributed by atoms with van der Waals surface area (Å²) in [5, 5.41) is 11.6. The smallest absolute Gasteiger partial charge is 0.206 e. The standard InChI is InChI=1S/C26H21ClFN5OS/c1-18-22(25(27)32(31-18)21-11-9-20(28)10-12-21)16-30-33-23(24-8-5-15-34-24)17-35-26(33)29-14-13-19-6-3-2-4-7-19/h2-12,15-17H,13-14H2,1H3/b29-26?,30-16-. The van der Waals surface area contributed by atoms with Gasteiger partial charge in [0.25, 0.3) is 0 Å². The minimum atomic E-state index is -0.321. The van der Waals surface area contributed by atoms with Gasteiger partial charge in [0.15, 0.2) is 5.76 Å². The SMILES string of the molecule is Cc1nn(-c2ccc(F)cc2)c(Cl)c1/C=N\n1c(-c2ccco2)csc1=NCCc1ccccc1. The molecule has 3 aromatic heterocycles. The molecule has 0 fully saturated rings. The van der Waals surface area contributed by atoms with Gasteiger partial charge in [-0.05, 0) is 55.3 Å². The van der Waals surface area contributed by atoms with Gasteiger partial charge in [-0.15, -0.1) is 11.3 Å². The summed E-state index contributed by atoms with van der Waals surface area (Å²) >= 11 is 8.13. The fraction of sp³-hybridized carbons (Fsp3) is 0.115. The number of hydrogen-bond donors (Lipinski definition) is 0. The first kappa shape index (κ1) is 23.0. The number of rotatable bonds is 7. The summed E-state index contributed by atoms with van der Waals surface area (Å²) in [6, 6.07) is 19.9. The highest BCUT2D eigenvalue weighted by Gasteiger charge is 2.15. The van der Waals surface area contributed by atoms with Crippen molar-refractivity contribution < 1.29 is 8.81 Å². The number of aromatic nitrogens is 3. The lowest BCUT2D eigenvalue weighted by atomic mass is 10.2. The molecule has 0 amide bonds. The van der Waals surface area contributed by atoms with Crippen LogP contribution in [-0.4, -0.2) is 27.2 Å². The summed E-state index contributed by atoms with van der Waals surface area (Å²) in [4.78, 5) is 5.53. The summed E-state index contributed by atoms with van der Waals surface area (Å²) in [6.45, 7) is 2.48. The first-order valence-corrected chi connectivity index (χ1v) is 12.2. The van der Waals surface area contributed by atoms with E-state index in [1.807, 2.05) is 42.6 Å². The summed E-state index contributed by atoms with van der Waals surface area (Å²) < 4.78 is 22.3. The van der Waals surface area contributed by atoms with Crippen LogP contribution in [0.1, 0.15) is 16.8 Å². The normalized spacial score (nSPS) is 12.1. The molecule has 176 valence electrons. The molecular formula is C26H21ClFN5OS. The Bertz CT molecular complexity index is 1520. The lowest BCUT2D eigenvalue weighted by Gasteiger charge is -2.03. The molecule has 0 N–H and O–H groups in total. The van der Waals surface area contributed by atoms with Crippen LogP contribution in [0.5, 0.6) is 0 Å². The molecule has 3 heterocycles. The first-order valence-electron chi connectivity index (χ1n) is 10.9. The van der Waals surface area contributed by atoms with Crippen LogP contribution in [0.25, 0.3) is 17.1 Å². The number of hydrogen-bond acceptors (Lipinski definition) is 5. The van der Waals surface area contributed by atoms with E-state index in [1.54, 1.807) is 34.0 Å². The monoisotopic (exact) mass is 505 g/mol. The third kappa shape index (κ3) is 5.03. The fourth-order valence-corrected chi connectivity index (χ4v) is 4.73. The van der Waals surface area contributed by atoms with Crippen LogP contribution in [0.4, 0.5) is 4.39 Å². The van der Waals surface area contributed by atoms with Crippen molar-refractivity contribution in [1.82, 2.24) is 14.5 Å². The van der Waals surface area contributed by atoms with Gasteiger partial charge >= 0.3 is 0 Å². The second-order valence-corrected chi connectivity index (χ2v) is 8.93. The van der Waals surface area contributed by atoms with Gasteiger partial charge in [0, 0.05) is 11.9 Å². The molecule has 0 atom stereocenters. The molecule has 5 aromatic rings. The second kappa shape index (κ2) is 10.2. The highest BCUT2D eigenvalue weighted by atomic mass is 35.5. The van der Waals surface area contributed by atoms with Crippen molar-refractivity contribution >= 4 is 29.2 Å². The number of benzene rings is 2. The zero-order valence-electron chi connectivity index (χ0n) is 18.8. The zero-order chi connectivity index (χ0) is 24.2. The molecule has 35 heavy (non-hydrogen) atoms. The zero-order valence-corrected chi connectivity index (χ0v) is 20.4. The van der Waals surface area contributed by atoms with Crippen LogP contribution >= 0.6 is 22.9 Å². The Labute approximate surface area is 210 Å². The van der Waals surface area contributed by atoms with E-state index >= 15 is 0 Å². The van der Waals surface area contributed by atoms with Gasteiger partial charge in [0.05, 0.1) is 29.4 Å². The molecule has 6 nitrogen and oxygen atoms in total. The number of nitrogens with zero attached hydrogens (tertiary/aromatic N) is 5. The molecule has 0 aliphatic carbocycles. The molecular weight excluding hydrogens is 485 g/mol. The third-order valence-corrected chi connectivity index (χ3v) is 6.59. The first-order chi connectivity index (χ1) is 17.1. The Morgan fingerprint density at radius 2 is 1.89 bits per heavy atom.